The molecule has 23 heavy (non-hydrogen) atoms. The van der Waals surface area contributed by atoms with Crippen molar-refractivity contribution in [1.29, 1.82) is 0 Å². The van der Waals surface area contributed by atoms with Crippen molar-refractivity contribution in [3.63, 3.8) is 0 Å². The van der Waals surface area contributed by atoms with Crippen LogP contribution in [-0.4, -0.2) is 115 Å². The van der Waals surface area contributed by atoms with Gasteiger partial charge in [-0.2, -0.15) is 0 Å². The summed E-state index contributed by atoms with van der Waals surface area (Å²) in [6, 6.07) is 0. The van der Waals surface area contributed by atoms with E-state index in [2.05, 4.69) is 0 Å². The van der Waals surface area contributed by atoms with Gasteiger partial charge in [-0.25, -0.2) is 0 Å². The van der Waals surface area contributed by atoms with Gasteiger partial charge < -0.3 is 55.1 Å². The zero-order valence-corrected chi connectivity index (χ0v) is 12.0. The van der Waals surface area contributed by atoms with Gasteiger partial charge in [0.1, 0.15) is 48.8 Å². The van der Waals surface area contributed by atoms with Gasteiger partial charge >= 0.3 is 0 Å². The molecule has 0 bridgehead atoms. The van der Waals surface area contributed by atoms with Crippen molar-refractivity contribution in [3.05, 3.63) is 0 Å². The fraction of sp³-hybridized carbons (Fsp3) is 1.00. The summed E-state index contributed by atoms with van der Waals surface area (Å²) in [4.78, 5) is 0. The lowest BCUT2D eigenvalue weighted by atomic mass is 9.97. The molecule has 11 nitrogen and oxygen atoms in total. The second kappa shape index (κ2) is 7.63. The molecule has 2 aliphatic rings. The van der Waals surface area contributed by atoms with Crippen LogP contribution in [0.5, 0.6) is 0 Å². The van der Waals surface area contributed by atoms with E-state index in [1.807, 2.05) is 0 Å². The number of hydrogen-bond acceptors (Lipinski definition) is 11. The van der Waals surface area contributed by atoms with Crippen LogP contribution in [0.3, 0.4) is 0 Å². The Kier molecular flexibility index (Phi) is 6.27. The van der Waals surface area contributed by atoms with Crippen LogP contribution in [0, 0.1) is 0 Å². The number of aliphatic hydroxyl groups is 8. The second-order valence-corrected chi connectivity index (χ2v) is 5.53. The highest BCUT2D eigenvalue weighted by Crippen LogP contribution is 2.28. The Morgan fingerprint density at radius 2 is 1.17 bits per heavy atom. The molecule has 5 unspecified atom stereocenters. The molecule has 11 heteroatoms. The minimum Gasteiger partial charge on any atom is -0.394 e. The highest BCUT2D eigenvalue weighted by Gasteiger charge is 2.50. The first kappa shape index (κ1) is 18.9. The molecule has 0 aromatic rings. The minimum atomic E-state index is -1.75. The van der Waals surface area contributed by atoms with Crippen LogP contribution in [0.2, 0.25) is 0 Å². The Labute approximate surface area is 130 Å². The van der Waals surface area contributed by atoms with Gasteiger partial charge in [0.05, 0.1) is 13.2 Å². The SMILES string of the molecule is OCC1OC(O)C(O[C@@H]2O[C@H](CO)[C@H](O)C(O)C2O)[C@H](O)[C@@H]1O. The van der Waals surface area contributed by atoms with Gasteiger partial charge in [-0.3, -0.25) is 0 Å². The Hall–Kier alpha value is -0.440. The molecule has 0 radical (unpaired) electrons. The van der Waals surface area contributed by atoms with Gasteiger partial charge in [0, 0.05) is 0 Å². The van der Waals surface area contributed by atoms with E-state index in [-0.39, 0.29) is 0 Å². The van der Waals surface area contributed by atoms with Gasteiger partial charge in [-0.05, 0) is 0 Å². The molecule has 8 N–H and O–H groups in total. The second-order valence-electron chi connectivity index (χ2n) is 5.53. The summed E-state index contributed by atoms with van der Waals surface area (Å²) in [6.07, 6.45) is -15.6. The lowest BCUT2D eigenvalue weighted by molar-refractivity contribution is -0.361. The lowest BCUT2D eigenvalue weighted by Gasteiger charge is -2.44. The quantitative estimate of drug-likeness (QED) is 0.243. The van der Waals surface area contributed by atoms with Gasteiger partial charge in [-0.15, -0.1) is 0 Å². The normalized spacial score (nSPS) is 51.7. The van der Waals surface area contributed by atoms with Crippen LogP contribution < -0.4 is 0 Å². The van der Waals surface area contributed by atoms with Crippen molar-refractivity contribution in [2.75, 3.05) is 13.2 Å². The minimum absolute atomic E-state index is 0.651. The van der Waals surface area contributed by atoms with Crippen molar-refractivity contribution in [1.82, 2.24) is 0 Å². The summed E-state index contributed by atoms with van der Waals surface area (Å²) in [6.45, 7) is -1.33. The third kappa shape index (κ3) is 3.65. The summed E-state index contributed by atoms with van der Waals surface area (Å²) in [7, 11) is 0. The Bertz CT molecular complexity index is 380. The van der Waals surface area contributed by atoms with E-state index in [9.17, 15) is 30.6 Å². The van der Waals surface area contributed by atoms with Crippen LogP contribution >= 0.6 is 0 Å². The molecule has 2 aliphatic heterocycles. The van der Waals surface area contributed by atoms with E-state index in [1.54, 1.807) is 0 Å². The highest BCUT2D eigenvalue weighted by atomic mass is 16.7. The highest BCUT2D eigenvalue weighted by molar-refractivity contribution is 4.93. The van der Waals surface area contributed by atoms with E-state index >= 15 is 0 Å². The molecule has 0 aromatic heterocycles. The first-order valence-electron chi connectivity index (χ1n) is 7.08. The summed E-state index contributed by atoms with van der Waals surface area (Å²) < 4.78 is 15.1. The Morgan fingerprint density at radius 1 is 0.652 bits per heavy atom. The number of aliphatic hydroxyl groups excluding tert-OH is 8. The first-order valence-corrected chi connectivity index (χ1v) is 7.08. The summed E-state index contributed by atoms with van der Waals surface area (Å²) in [5, 5.41) is 76.7. The zero-order valence-electron chi connectivity index (χ0n) is 12.0. The van der Waals surface area contributed by atoms with E-state index in [0.717, 1.165) is 0 Å². The maximum atomic E-state index is 9.94. The molecule has 0 saturated carbocycles. The molecule has 2 heterocycles. The van der Waals surface area contributed by atoms with Crippen molar-refractivity contribution >= 4 is 0 Å². The van der Waals surface area contributed by atoms with Crippen LogP contribution in [0.4, 0.5) is 0 Å². The molecule has 0 aromatic carbocycles. The zero-order chi connectivity index (χ0) is 17.3. The fourth-order valence-electron chi connectivity index (χ4n) is 2.55. The largest absolute Gasteiger partial charge is 0.394 e. The third-order valence-corrected chi connectivity index (χ3v) is 3.98. The molecule has 136 valence electrons. The van der Waals surface area contributed by atoms with Crippen LogP contribution in [-0.2, 0) is 14.2 Å². The maximum absolute atomic E-state index is 9.94. The van der Waals surface area contributed by atoms with Crippen LogP contribution in [0.25, 0.3) is 0 Å². The van der Waals surface area contributed by atoms with Gasteiger partial charge in [0.15, 0.2) is 12.6 Å². The molecular weight excluding hydrogens is 320 g/mol. The standard InChI is InChI=1S/C12H22O11/c13-1-3-6(16)8(18)10(11(20)21-3)23-12-9(19)7(17)5(15)4(2-14)22-12/h3-20H,1-2H2/t3?,4-,5+,6-,7?,8-,9?,10?,11?,12+/m1/s1. The number of ether oxygens (including phenoxy) is 3. The van der Waals surface area contributed by atoms with Crippen LogP contribution in [0.15, 0.2) is 0 Å². The van der Waals surface area contributed by atoms with Crippen LogP contribution in [0.1, 0.15) is 0 Å². The molecule has 0 spiro atoms. The van der Waals surface area contributed by atoms with E-state index < -0.39 is 74.6 Å². The maximum Gasteiger partial charge on any atom is 0.187 e. The van der Waals surface area contributed by atoms with Crippen molar-refractivity contribution < 1.29 is 55.1 Å². The summed E-state index contributed by atoms with van der Waals surface area (Å²) in [5.41, 5.74) is 0. The summed E-state index contributed by atoms with van der Waals surface area (Å²) >= 11 is 0. The smallest absolute Gasteiger partial charge is 0.187 e. The molecule has 2 fully saturated rings. The molecule has 2 saturated heterocycles. The predicted molar refractivity (Wildman–Crippen MR) is 68.6 cm³/mol. The van der Waals surface area contributed by atoms with Gasteiger partial charge in [0.25, 0.3) is 0 Å². The van der Waals surface area contributed by atoms with Crippen molar-refractivity contribution in [2.24, 2.45) is 0 Å². The van der Waals surface area contributed by atoms with Crippen molar-refractivity contribution in [3.8, 4) is 0 Å². The fourth-order valence-corrected chi connectivity index (χ4v) is 2.55. The first-order chi connectivity index (χ1) is 10.8. The van der Waals surface area contributed by atoms with Gasteiger partial charge in [0.2, 0.25) is 0 Å². The average Bonchev–Trinajstić information content (AvgIpc) is 2.54. The molecule has 2 rings (SSSR count). The molecule has 0 aliphatic carbocycles. The third-order valence-electron chi connectivity index (χ3n) is 3.98. The van der Waals surface area contributed by atoms with E-state index in [1.165, 1.54) is 0 Å². The van der Waals surface area contributed by atoms with E-state index in [0.29, 0.717) is 0 Å². The Morgan fingerprint density at radius 3 is 1.74 bits per heavy atom. The number of rotatable bonds is 4. The monoisotopic (exact) mass is 342 g/mol. The van der Waals surface area contributed by atoms with Crippen molar-refractivity contribution in [2.45, 2.75) is 61.4 Å². The molecule has 0 amide bonds. The topological polar surface area (TPSA) is 190 Å². The average molecular weight is 342 g/mol. The lowest BCUT2D eigenvalue weighted by Crippen LogP contribution is -2.64. The predicted octanol–water partition coefficient (Wildman–Crippen LogP) is -5.40. The van der Waals surface area contributed by atoms with Gasteiger partial charge in [-0.1, -0.05) is 0 Å². The number of hydrogen-bond donors (Lipinski definition) is 8. The summed E-state index contributed by atoms with van der Waals surface area (Å²) in [5.74, 6) is 0. The van der Waals surface area contributed by atoms with E-state index in [4.69, 9.17) is 24.4 Å². The Balaban J connectivity index is 2.08. The molecular formula is C12H22O11. The molecule has 10 atom stereocenters.